The molecule has 0 aliphatic carbocycles. The molecule has 0 fully saturated rings. The van der Waals surface area contributed by atoms with Gasteiger partial charge in [0.2, 0.25) is 0 Å². The van der Waals surface area contributed by atoms with E-state index in [-0.39, 0.29) is 12.8 Å². The van der Waals surface area contributed by atoms with E-state index >= 15 is 0 Å². The predicted molar refractivity (Wildman–Crippen MR) is 110 cm³/mol. The van der Waals surface area contributed by atoms with Gasteiger partial charge in [-0.3, -0.25) is 9.13 Å². The fourth-order valence-corrected chi connectivity index (χ4v) is 5.35. The van der Waals surface area contributed by atoms with Gasteiger partial charge in [-0.15, -0.1) is 0 Å². The van der Waals surface area contributed by atoms with Gasteiger partial charge >= 0.3 is 15.2 Å². The molecule has 0 saturated heterocycles. The van der Waals surface area contributed by atoms with Crippen LogP contribution < -0.4 is 0 Å². The van der Waals surface area contributed by atoms with Gasteiger partial charge in [0.15, 0.2) is 5.40 Å². The third kappa shape index (κ3) is 9.66. The highest BCUT2D eigenvalue weighted by atomic mass is 31.2. The first-order chi connectivity index (χ1) is 12.4. The molecule has 27 heavy (non-hydrogen) atoms. The molecule has 0 aliphatic heterocycles. The number of aryl methyl sites for hydroxylation is 1. The Bertz CT molecular complexity index is 729. The molecule has 8 heteroatoms. The molecule has 0 saturated carbocycles. The van der Waals surface area contributed by atoms with Crippen molar-refractivity contribution < 1.29 is 28.7 Å². The molecule has 4 N–H and O–H groups in total. The number of rotatable bonds is 10. The van der Waals surface area contributed by atoms with Crippen molar-refractivity contribution in [2.45, 2.75) is 58.3 Å². The van der Waals surface area contributed by atoms with Gasteiger partial charge in [-0.2, -0.15) is 0 Å². The molecule has 0 aliphatic rings. The van der Waals surface area contributed by atoms with E-state index in [2.05, 4.69) is 32.9 Å². The quantitative estimate of drug-likeness (QED) is 0.320. The van der Waals surface area contributed by atoms with Crippen molar-refractivity contribution in [1.29, 1.82) is 0 Å². The van der Waals surface area contributed by atoms with Gasteiger partial charge < -0.3 is 19.6 Å². The summed E-state index contributed by atoms with van der Waals surface area (Å²) in [6.45, 7) is 6.26. The van der Waals surface area contributed by atoms with Crippen LogP contribution in [-0.2, 0) is 15.6 Å². The van der Waals surface area contributed by atoms with Crippen molar-refractivity contribution in [3.8, 4) is 0 Å². The predicted octanol–water partition coefficient (Wildman–Crippen LogP) is 4.84. The molecule has 0 amide bonds. The average molecular weight is 416 g/mol. The van der Waals surface area contributed by atoms with E-state index in [1.165, 1.54) is 11.1 Å². The van der Waals surface area contributed by atoms with Crippen molar-refractivity contribution in [2.75, 3.05) is 0 Å². The summed E-state index contributed by atoms with van der Waals surface area (Å²) in [7, 11) is -9.67. The van der Waals surface area contributed by atoms with Gasteiger partial charge in [-0.1, -0.05) is 47.6 Å². The zero-order valence-corrected chi connectivity index (χ0v) is 17.9. The Balaban J connectivity index is 2.61. The largest absolute Gasteiger partial charge is 0.340 e. The smallest absolute Gasteiger partial charge is 0.324 e. The van der Waals surface area contributed by atoms with Crippen LogP contribution in [0.1, 0.15) is 57.6 Å². The van der Waals surface area contributed by atoms with Gasteiger partial charge in [0.25, 0.3) is 0 Å². The molecular formula is C19H30O6P2. The van der Waals surface area contributed by atoms with Gasteiger partial charge in [0.05, 0.1) is 0 Å². The highest BCUT2D eigenvalue weighted by Crippen LogP contribution is 2.61. The van der Waals surface area contributed by atoms with Crippen molar-refractivity contribution >= 4 is 21.3 Å². The zero-order valence-electron chi connectivity index (χ0n) is 16.1. The maximum Gasteiger partial charge on any atom is 0.340 e. The zero-order chi connectivity index (χ0) is 20.7. The minimum Gasteiger partial charge on any atom is -0.324 e. The summed E-state index contributed by atoms with van der Waals surface area (Å²) in [5.74, 6) is 0. The minimum atomic E-state index is -4.83. The SMILES string of the molecule is CC(C)=CCCC(C)=Cc1ccc(CCCC(P(=O)(O)O)P(=O)(O)O)cc1. The first kappa shape index (κ1) is 24.0. The molecule has 0 aromatic heterocycles. The van der Waals surface area contributed by atoms with Gasteiger partial charge in [-0.05, 0) is 64.0 Å². The number of hydrogen-bond donors (Lipinski definition) is 4. The second-order valence-corrected chi connectivity index (χ2v) is 11.1. The van der Waals surface area contributed by atoms with Crippen LogP contribution in [0, 0.1) is 0 Å². The van der Waals surface area contributed by atoms with E-state index in [0.29, 0.717) is 6.42 Å². The Hall–Kier alpha value is -1.00. The Labute approximate surface area is 161 Å². The summed E-state index contributed by atoms with van der Waals surface area (Å²) < 4.78 is 22.5. The van der Waals surface area contributed by atoms with Crippen LogP contribution in [0.4, 0.5) is 0 Å². The van der Waals surface area contributed by atoms with E-state index < -0.39 is 20.6 Å². The van der Waals surface area contributed by atoms with E-state index in [1.54, 1.807) is 0 Å². The van der Waals surface area contributed by atoms with E-state index in [1.807, 2.05) is 24.3 Å². The molecule has 1 aromatic carbocycles. The summed E-state index contributed by atoms with van der Waals surface area (Å²) in [6.07, 6.45) is 6.92. The molecule has 6 nitrogen and oxygen atoms in total. The number of benzene rings is 1. The lowest BCUT2D eigenvalue weighted by Crippen LogP contribution is -2.09. The van der Waals surface area contributed by atoms with Gasteiger partial charge in [0, 0.05) is 0 Å². The molecule has 0 heterocycles. The lowest BCUT2D eigenvalue weighted by atomic mass is 10.0. The standard InChI is InChI=1S/C19H30O6P2/c1-15(2)6-4-7-16(3)14-18-12-10-17(11-13-18)8-5-9-19(26(20,21)22)27(23,24)25/h6,10-14,19H,4-5,7-9H2,1-3H3,(H2,20,21,22)(H2,23,24,25). The van der Waals surface area contributed by atoms with Crippen LogP contribution in [0.3, 0.4) is 0 Å². The summed E-state index contributed by atoms with van der Waals surface area (Å²) in [6, 6.07) is 7.81. The van der Waals surface area contributed by atoms with E-state index in [0.717, 1.165) is 24.0 Å². The molecule has 0 unspecified atom stereocenters. The van der Waals surface area contributed by atoms with Crippen LogP contribution >= 0.6 is 15.2 Å². The van der Waals surface area contributed by atoms with Crippen LogP contribution in [0.5, 0.6) is 0 Å². The topological polar surface area (TPSA) is 115 Å². The molecule has 0 atom stereocenters. The molecule has 1 aromatic rings. The lowest BCUT2D eigenvalue weighted by molar-refractivity contribution is 0.334. The Morgan fingerprint density at radius 2 is 1.56 bits per heavy atom. The van der Waals surface area contributed by atoms with Gasteiger partial charge in [-0.25, -0.2) is 0 Å². The molecule has 1 rings (SSSR count). The Kier molecular flexibility index (Phi) is 9.36. The highest BCUT2D eigenvalue weighted by Gasteiger charge is 2.42. The third-order valence-electron chi connectivity index (χ3n) is 4.19. The fourth-order valence-electron chi connectivity index (χ4n) is 2.75. The van der Waals surface area contributed by atoms with E-state index in [4.69, 9.17) is 19.6 Å². The highest BCUT2D eigenvalue weighted by molar-refractivity contribution is 7.70. The first-order valence-electron chi connectivity index (χ1n) is 8.89. The summed E-state index contributed by atoms with van der Waals surface area (Å²) in [5, 5.41) is -1.92. The normalized spacial score (nSPS) is 13.1. The van der Waals surface area contributed by atoms with Crippen molar-refractivity contribution in [1.82, 2.24) is 0 Å². The third-order valence-corrected chi connectivity index (χ3v) is 8.06. The summed E-state index contributed by atoms with van der Waals surface area (Å²) in [5.41, 5.74) is 4.64. The van der Waals surface area contributed by atoms with Crippen LogP contribution in [0.25, 0.3) is 6.08 Å². The summed E-state index contributed by atoms with van der Waals surface area (Å²) in [4.78, 5) is 36.5. The molecule has 0 radical (unpaired) electrons. The van der Waals surface area contributed by atoms with E-state index in [9.17, 15) is 9.13 Å². The maximum absolute atomic E-state index is 11.3. The summed E-state index contributed by atoms with van der Waals surface area (Å²) >= 11 is 0. The second-order valence-electron chi connectivity index (χ2n) is 7.10. The van der Waals surface area contributed by atoms with Crippen LogP contribution in [0.2, 0.25) is 0 Å². The second kappa shape index (κ2) is 10.5. The molecule has 152 valence electrons. The number of allylic oxidation sites excluding steroid dienone is 3. The van der Waals surface area contributed by atoms with Crippen LogP contribution in [0.15, 0.2) is 41.5 Å². The first-order valence-corrected chi connectivity index (χ1v) is 12.3. The average Bonchev–Trinajstić information content (AvgIpc) is 2.50. The number of hydrogen-bond acceptors (Lipinski definition) is 2. The van der Waals surface area contributed by atoms with Crippen molar-refractivity contribution in [3.63, 3.8) is 0 Å². The van der Waals surface area contributed by atoms with Gasteiger partial charge in [0.1, 0.15) is 0 Å². The van der Waals surface area contributed by atoms with Crippen molar-refractivity contribution in [3.05, 3.63) is 52.6 Å². The minimum absolute atomic E-state index is 0.223. The maximum atomic E-state index is 11.3. The monoisotopic (exact) mass is 416 g/mol. The Morgan fingerprint density at radius 1 is 1.00 bits per heavy atom. The molecule has 0 spiro atoms. The van der Waals surface area contributed by atoms with Crippen LogP contribution in [-0.4, -0.2) is 25.0 Å². The lowest BCUT2D eigenvalue weighted by Gasteiger charge is -2.19. The molecule has 0 bridgehead atoms. The fraction of sp³-hybridized carbons (Fsp3) is 0.474. The molecular weight excluding hydrogens is 386 g/mol. The Morgan fingerprint density at radius 3 is 2.04 bits per heavy atom. The van der Waals surface area contributed by atoms with Crippen molar-refractivity contribution in [2.24, 2.45) is 0 Å².